The highest BCUT2D eigenvalue weighted by Crippen LogP contribution is 2.28. The number of amides is 1. The van der Waals surface area contributed by atoms with Gasteiger partial charge >= 0.3 is 0 Å². The Kier molecular flexibility index (Phi) is 5.60. The molecule has 142 valence electrons. The number of carbonyl (C=O) groups excluding carboxylic acids is 1. The maximum atomic E-state index is 12.5. The second kappa shape index (κ2) is 8.28. The van der Waals surface area contributed by atoms with E-state index in [-0.39, 0.29) is 12.0 Å². The Morgan fingerprint density at radius 3 is 2.93 bits per heavy atom. The van der Waals surface area contributed by atoms with Crippen molar-refractivity contribution in [1.82, 2.24) is 14.9 Å². The summed E-state index contributed by atoms with van der Waals surface area (Å²) in [6, 6.07) is 7.68. The first kappa shape index (κ1) is 18.3. The lowest BCUT2D eigenvalue weighted by atomic mass is 9.97. The first-order valence-electron chi connectivity index (χ1n) is 9.58. The zero-order valence-corrected chi connectivity index (χ0v) is 16.0. The van der Waals surface area contributed by atoms with Gasteiger partial charge in [-0.05, 0) is 49.8 Å². The van der Waals surface area contributed by atoms with Crippen LogP contribution in [0.3, 0.4) is 0 Å². The number of allylic oxidation sites excluding steroid dienone is 1. The number of ether oxygens (including phenoxy) is 1. The predicted molar refractivity (Wildman–Crippen MR) is 105 cm³/mol. The Balaban J connectivity index is 1.36. The zero-order chi connectivity index (χ0) is 18.6. The maximum absolute atomic E-state index is 12.5. The van der Waals surface area contributed by atoms with Crippen LogP contribution in [-0.2, 0) is 17.9 Å². The lowest BCUT2D eigenvalue weighted by Crippen LogP contribution is -2.28. The van der Waals surface area contributed by atoms with Gasteiger partial charge in [-0.2, -0.15) is 0 Å². The molecule has 1 aliphatic carbocycles. The van der Waals surface area contributed by atoms with Gasteiger partial charge in [0.05, 0.1) is 25.2 Å². The minimum atomic E-state index is -0.117. The molecule has 0 saturated heterocycles. The summed E-state index contributed by atoms with van der Waals surface area (Å²) in [5.41, 5.74) is 3.85. The fourth-order valence-electron chi connectivity index (χ4n) is 3.75. The van der Waals surface area contributed by atoms with Gasteiger partial charge < -0.3 is 14.6 Å². The summed E-state index contributed by atoms with van der Waals surface area (Å²) >= 11 is 5.96. The molecule has 27 heavy (non-hydrogen) atoms. The molecule has 1 aromatic heterocycles. The normalized spacial score (nSPS) is 19.3. The van der Waals surface area contributed by atoms with Crippen molar-refractivity contribution < 1.29 is 9.53 Å². The third-order valence-electron chi connectivity index (χ3n) is 5.30. The van der Waals surface area contributed by atoms with Crippen LogP contribution >= 0.6 is 11.6 Å². The third kappa shape index (κ3) is 4.25. The van der Waals surface area contributed by atoms with Gasteiger partial charge in [-0.3, -0.25) is 4.79 Å². The number of rotatable bonds is 5. The standard InChI is InChI=1S/C21H24ClN3O2/c22-17-8-6-16(7-9-17)19-12-25-14-24-20(18(25)13-27-19)21(26)23-11-10-15-4-2-1-3-5-15/h4,6-9,14,19H,1-3,5,10-13H2,(H,23,26)/t19-/m1/s1. The van der Waals surface area contributed by atoms with Crippen molar-refractivity contribution in [2.75, 3.05) is 6.54 Å². The van der Waals surface area contributed by atoms with E-state index in [0.717, 1.165) is 24.1 Å². The number of benzene rings is 1. The first-order valence-corrected chi connectivity index (χ1v) is 9.95. The number of hydrogen-bond donors (Lipinski definition) is 1. The molecule has 2 aromatic rings. The topological polar surface area (TPSA) is 56.2 Å². The molecule has 0 radical (unpaired) electrons. The quantitative estimate of drug-likeness (QED) is 0.774. The van der Waals surface area contributed by atoms with E-state index in [0.29, 0.717) is 30.4 Å². The summed E-state index contributed by atoms with van der Waals surface area (Å²) < 4.78 is 8.00. The first-order chi connectivity index (χ1) is 13.2. The van der Waals surface area contributed by atoms with E-state index in [9.17, 15) is 4.79 Å². The molecule has 4 rings (SSSR count). The van der Waals surface area contributed by atoms with E-state index in [2.05, 4.69) is 16.4 Å². The zero-order valence-electron chi connectivity index (χ0n) is 15.3. The largest absolute Gasteiger partial charge is 0.365 e. The molecule has 1 N–H and O–H groups in total. The van der Waals surface area contributed by atoms with Gasteiger partial charge in [0.1, 0.15) is 6.10 Å². The van der Waals surface area contributed by atoms with Crippen molar-refractivity contribution >= 4 is 17.5 Å². The Hall–Kier alpha value is -2.11. The van der Waals surface area contributed by atoms with E-state index in [4.69, 9.17) is 16.3 Å². The number of nitrogens with one attached hydrogen (secondary N) is 1. The molecular weight excluding hydrogens is 362 g/mol. The van der Waals surface area contributed by atoms with Crippen LogP contribution in [0.25, 0.3) is 0 Å². The molecule has 0 saturated carbocycles. The number of carbonyl (C=O) groups is 1. The van der Waals surface area contributed by atoms with Crippen LogP contribution in [0, 0.1) is 0 Å². The van der Waals surface area contributed by atoms with Gasteiger partial charge in [-0.25, -0.2) is 4.98 Å². The Morgan fingerprint density at radius 1 is 1.30 bits per heavy atom. The van der Waals surface area contributed by atoms with Gasteiger partial charge in [0.2, 0.25) is 0 Å². The molecule has 0 bridgehead atoms. The van der Waals surface area contributed by atoms with E-state index >= 15 is 0 Å². The van der Waals surface area contributed by atoms with Crippen LogP contribution in [0.15, 0.2) is 42.2 Å². The second-order valence-electron chi connectivity index (χ2n) is 7.16. The van der Waals surface area contributed by atoms with Crippen LogP contribution in [0.5, 0.6) is 0 Å². The minimum absolute atomic E-state index is 0.0573. The van der Waals surface area contributed by atoms with Crippen LogP contribution in [0.1, 0.15) is 60.0 Å². The number of aromatic nitrogens is 2. The highest BCUT2D eigenvalue weighted by atomic mass is 35.5. The number of imidazole rings is 1. The van der Waals surface area contributed by atoms with E-state index in [1.165, 1.54) is 24.8 Å². The molecule has 2 heterocycles. The molecule has 1 amide bonds. The molecule has 5 nitrogen and oxygen atoms in total. The van der Waals surface area contributed by atoms with Crippen LogP contribution in [0.2, 0.25) is 5.02 Å². The van der Waals surface area contributed by atoms with Crippen molar-refractivity contribution in [3.05, 3.63) is 64.2 Å². The van der Waals surface area contributed by atoms with Crippen molar-refractivity contribution in [2.24, 2.45) is 0 Å². The number of nitrogens with zero attached hydrogens (tertiary/aromatic N) is 2. The third-order valence-corrected chi connectivity index (χ3v) is 5.56. The Morgan fingerprint density at radius 2 is 2.15 bits per heavy atom. The summed E-state index contributed by atoms with van der Waals surface area (Å²) in [6.45, 7) is 1.68. The summed E-state index contributed by atoms with van der Waals surface area (Å²) in [5.74, 6) is -0.117. The van der Waals surface area contributed by atoms with Gasteiger partial charge in [0.25, 0.3) is 5.91 Å². The molecule has 0 spiro atoms. The molecule has 6 heteroatoms. The second-order valence-corrected chi connectivity index (χ2v) is 7.59. The Labute approximate surface area is 164 Å². The van der Waals surface area contributed by atoms with Gasteiger partial charge in [-0.15, -0.1) is 0 Å². The summed E-state index contributed by atoms with van der Waals surface area (Å²) in [4.78, 5) is 16.9. The number of hydrogen-bond acceptors (Lipinski definition) is 3. The number of halogens is 1. The Bertz CT molecular complexity index is 842. The molecule has 0 fully saturated rings. The summed E-state index contributed by atoms with van der Waals surface area (Å²) in [7, 11) is 0. The van der Waals surface area contributed by atoms with E-state index < -0.39 is 0 Å². The predicted octanol–water partition coefficient (Wildman–Crippen LogP) is 4.43. The van der Waals surface area contributed by atoms with E-state index in [1.54, 1.807) is 6.33 Å². The molecule has 1 aromatic carbocycles. The van der Waals surface area contributed by atoms with Crippen molar-refractivity contribution in [2.45, 2.75) is 51.4 Å². The minimum Gasteiger partial charge on any atom is -0.365 e. The fraction of sp³-hybridized carbons (Fsp3) is 0.429. The lowest BCUT2D eigenvalue weighted by molar-refractivity contribution is 0.00258. The summed E-state index contributed by atoms with van der Waals surface area (Å²) in [5, 5.41) is 3.71. The van der Waals surface area contributed by atoms with Gasteiger partial charge in [0.15, 0.2) is 5.69 Å². The fourth-order valence-corrected chi connectivity index (χ4v) is 3.87. The van der Waals surface area contributed by atoms with Gasteiger partial charge in [0, 0.05) is 11.6 Å². The van der Waals surface area contributed by atoms with Gasteiger partial charge in [-0.1, -0.05) is 35.4 Å². The monoisotopic (exact) mass is 385 g/mol. The van der Waals surface area contributed by atoms with Crippen LogP contribution < -0.4 is 5.32 Å². The van der Waals surface area contributed by atoms with E-state index in [1.807, 2.05) is 28.8 Å². The smallest absolute Gasteiger partial charge is 0.271 e. The van der Waals surface area contributed by atoms with Crippen LogP contribution in [-0.4, -0.2) is 22.0 Å². The maximum Gasteiger partial charge on any atom is 0.271 e. The van der Waals surface area contributed by atoms with Crippen molar-refractivity contribution in [3.8, 4) is 0 Å². The average Bonchev–Trinajstić information content (AvgIpc) is 3.12. The molecule has 0 unspecified atom stereocenters. The highest BCUT2D eigenvalue weighted by molar-refractivity contribution is 6.30. The van der Waals surface area contributed by atoms with Crippen LogP contribution in [0.4, 0.5) is 0 Å². The van der Waals surface area contributed by atoms with Crippen molar-refractivity contribution in [3.63, 3.8) is 0 Å². The molecule has 1 atom stereocenters. The SMILES string of the molecule is O=C(NCCC1=CCCCC1)c1ncn2c1CO[C@@H](c1ccc(Cl)cc1)C2. The van der Waals surface area contributed by atoms with Crippen molar-refractivity contribution in [1.29, 1.82) is 0 Å². The molecule has 1 aliphatic heterocycles. The molecular formula is C21H24ClN3O2. The highest BCUT2D eigenvalue weighted by Gasteiger charge is 2.26. The lowest BCUT2D eigenvalue weighted by Gasteiger charge is -2.25. The summed E-state index contributed by atoms with van der Waals surface area (Å²) in [6.07, 6.45) is 9.81. The number of fused-ring (bicyclic) bond motifs is 1. The average molecular weight is 386 g/mol. The molecule has 2 aliphatic rings.